The van der Waals surface area contributed by atoms with Crippen LogP contribution in [0.15, 0.2) is 65.6 Å². The number of nitro groups is 1. The normalized spacial score (nSPS) is 11.7. The molecule has 11 nitrogen and oxygen atoms in total. The number of nitrogens with one attached hydrogen (secondary N) is 2. The first-order valence-electron chi connectivity index (χ1n) is 12.0. The zero-order chi connectivity index (χ0) is 29.2. The Bertz CT molecular complexity index is 1720. The molecular weight excluding hydrogens is 556 g/mol. The number of fused-ring (bicyclic) bond motifs is 1. The Labute approximate surface area is 234 Å². The zero-order valence-electron chi connectivity index (χ0n) is 22.0. The summed E-state index contributed by atoms with van der Waals surface area (Å²) in [6.45, 7) is 7.13. The molecule has 0 aliphatic heterocycles. The van der Waals surface area contributed by atoms with Crippen LogP contribution in [0.3, 0.4) is 0 Å². The van der Waals surface area contributed by atoms with Crippen LogP contribution < -0.4 is 10.0 Å². The van der Waals surface area contributed by atoms with Crippen molar-refractivity contribution in [2.75, 3.05) is 16.6 Å². The minimum atomic E-state index is -3.89. The quantitative estimate of drug-likeness (QED) is 0.159. The van der Waals surface area contributed by atoms with Crippen LogP contribution in [0.4, 0.5) is 16.5 Å². The average Bonchev–Trinajstić information content (AvgIpc) is 3.28. The lowest BCUT2D eigenvalue weighted by Gasteiger charge is -2.21. The number of rotatable bonds is 8. The first kappa shape index (κ1) is 28.6. The van der Waals surface area contributed by atoms with Crippen LogP contribution in [0.5, 0.6) is 0 Å². The molecule has 40 heavy (non-hydrogen) atoms. The first-order valence-corrected chi connectivity index (χ1v) is 14.3. The SMILES string of the molecule is Cc1ccc(C(C)(C)C)cc1S(=O)(=O)Nc1ccc(C(=O)OCC(=O)Nc2nc3ccc([N+](=O)[O-])cc3s2)cc1. The highest BCUT2D eigenvalue weighted by atomic mass is 32.2. The predicted octanol–water partition coefficient (Wildman–Crippen LogP) is 5.41. The number of thiazole rings is 1. The Morgan fingerprint density at radius 1 is 1.05 bits per heavy atom. The number of ether oxygens (including phenoxy) is 1. The van der Waals surface area contributed by atoms with E-state index in [0.29, 0.717) is 15.8 Å². The second-order valence-corrected chi connectivity index (χ2v) is 12.6. The Morgan fingerprint density at radius 3 is 2.40 bits per heavy atom. The summed E-state index contributed by atoms with van der Waals surface area (Å²) in [5.74, 6) is -1.42. The number of anilines is 2. The van der Waals surface area contributed by atoms with Gasteiger partial charge < -0.3 is 4.74 Å². The molecule has 0 fully saturated rings. The topological polar surface area (TPSA) is 158 Å². The molecule has 3 aromatic carbocycles. The summed E-state index contributed by atoms with van der Waals surface area (Å²) in [6, 6.07) is 15.1. The van der Waals surface area contributed by atoms with Gasteiger partial charge >= 0.3 is 5.97 Å². The molecule has 208 valence electrons. The Balaban J connectivity index is 1.36. The first-order chi connectivity index (χ1) is 18.7. The van der Waals surface area contributed by atoms with Gasteiger partial charge in [0.25, 0.3) is 21.6 Å². The van der Waals surface area contributed by atoms with E-state index in [2.05, 4.69) is 15.0 Å². The number of aromatic nitrogens is 1. The van der Waals surface area contributed by atoms with Gasteiger partial charge in [0.15, 0.2) is 11.7 Å². The number of nitrogens with zero attached hydrogens (tertiary/aromatic N) is 2. The molecule has 0 saturated carbocycles. The maximum absolute atomic E-state index is 13.1. The van der Waals surface area contributed by atoms with Crippen molar-refractivity contribution in [1.29, 1.82) is 0 Å². The van der Waals surface area contributed by atoms with Gasteiger partial charge in [0.05, 0.1) is 25.6 Å². The van der Waals surface area contributed by atoms with Crippen molar-refractivity contribution in [1.82, 2.24) is 4.98 Å². The van der Waals surface area contributed by atoms with Gasteiger partial charge in [-0.25, -0.2) is 18.2 Å². The molecule has 0 atom stereocenters. The van der Waals surface area contributed by atoms with Gasteiger partial charge in [-0.3, -0.25) is 24.9 Å². The van der Waals surface area contributed by atoms with Gasteiger partial charge in [0, 0.05) is 17.8 Å². The fourth-order valence-electron chi connectivity index (χ4n) is 3.69. The number of amides is 1. The van der Waals surface area contributed by atoms with Crippen LogP contribution >= 0.6 is 11.3 Å². The van der Waals surface area contributed by atoms with E-state index in [4.69, 9.17) is 4.74 Å². The molecule has 0 unspecified atom stereocenters. The number of carbonyl (C=O) groups excluding carboxylic acids is 2. The number of nitro benzene ring substituents is 1. The summed E-state index contributed by atoms with van der Waals surface area (Å²) in [4.78, 5) is 39.4. The van der Waals surface area contributed by atoms with Gasteiger partial charge in [-0.15, -0.1) is 0 Å². The molecule has 1 aromatic heterocycles. The van der Waals surface area contributed by atoms with E-state index in [9.17, 15) is 28.1 Å². The van der Waals surface area contributed by atoms with Gasteiger partial charge in [0.1, 0.15) is 0 Å². The third-order valence-electron chi connectivity index (χ3n) is 5.88. The van der Waals surface area contributed by atoms with Gasteiger partial charge in [-0.1, -0.05) is 44.2 Å². The number of benzene rings is 3. The van der Waals surface area contributed by atoms with E-state index in [1.807, 2.05) is 26.8 Å². The fraction of sp³-hybridized carbons (Fsp3) is 0.222. The van der Waals surface area contributed by atoms with Crippen LogP contribution in [0.1, 0.15) is 42.3 Å². The van der Waals surface area contributed by atoms with Crippen molar-refractivity contribution in [2.24, 2.45) is 0 Å². The maximum Gasteiger partial charge on any atom is 0.338 e. The lowest BCUT2D eigenvalue weighted by molar-refractivity contribution is -0.384. The monoisotopic (exact) mass is 582 g/mol. The lowest BCUT2D eigenvalue weighted by atomic mass is 9.87. The molecular formula is C27H26N4O7S2. The van der Waals surface area contributed by atoms with Crippen molar-refractivity contribution in [2.45, 2.75) is 38.0 Å². The smallest absolute Gasteiger partial charge is 0.338 e. The number of carbonyl (C=O) groups is 2. The molecule has 0 saturated heterocycles. The Kier molecular flexibility index (Phi) is 7.89. The standard InChI is InChI=1S/C27H26N4O7S2/c1-16-5-8-18(27(2,3)4)13-23(16)40(36,37)30-19-9-6-17(7-10-19)25(33)38-15-24(32)29-26-28-21-12-11-20(31(34)35)14-22(21)39-26/h5-14,30H,15H2,1-4H3,(H,28,29,32). The van der Waals surface area contributed by atoms with Crippen molar-refractivity contribution in [3.8, 4) is 0 Å². The molecule has 0 spiro atoms. The van der Waals surface area contributed by atoms with Crippen LogP contribution in [0, 0.1) is 17.0 Å². The third-order valence-corrected chi connectivity index (χ3v) is 8.34. The lowest BCUT2D eigenvalue weighted by Crippen LogP contribution is -2.21. The molecule has 1 heterocycles. The molecule has 2 N–H and O–H groups in total. The van der Waals surface area contributed by atoms with E-state index < -0.39 is 33.4 Å². The number of non-ortho nitro benzene ring substituents is 1. The molecule has 13 heteroatoms. The number of hydrogen-bond acceptors (Lipinski definition) is 9. The molecule has 4 aromatic rings. The number of sulfonamides is 1. The summed E-state index contributed by atoms with van der Waals surface area (Å²) >= 11 is 1.05. The van der Waals surface area contributed by atoms with E-state index in [1.54, 1.807) is 19.1 Å². The summed E-state index contributed by atoms with van der Waals surface area (Å²) in [6.07, 6.45) is 0. The molecule has 0 aliphatic rings. The van der Waals surface area contributed by atoms with Crippen LogP contribution in [-0.4, -0.2) is 36.8 Å². The molecule has 1 amide bonds. The highest BCUT2D eigenvalue weighted by Gasteiger charge is 2.22. The summed E-state index contributed by atoms with van der Waals surface area (Å²) in [5, 5.41) is 13.6. The van der Waals surface area contributed by atoms with Crippen molar-refractivity contribution in [3.63, 3.8) is 0 Å². The van der Waals surface area contributed by atoms with Gasteiger partial charge in [0.2, 0.25) is 0 Å². The maximum atomic E-state index is 13.1. The highest BCUT2D eigenvalue weighted by molar-refractivity contribution is 7.92. The molecule has 0 bridgehead atoms. The zero-order valence-corrected chi connectivity index (χ0v) is 23.7. The largest absolute Gasteiger partial charge is 0.452 e. The van der Waals surface area contributed by atoms with Crippen molar-refractivity contribution in [3.05, 3.63) is 87.5 Å². The minimum absolute atomic E-state index is 0.0911. The summed E-state index contributed by atoms with van der Waals surface area (Å²) < 4.78 is 34.2. The van der Waals surface area contributed by atoms with Crippen LogP contribution in [-0.2, 0) is 25.0 Å². The van der Waals surface area contributed by atoms with E-state index >= 15 is 0 Å². The van der Waals surface area contributed by atoms with Crippen LogP contribution in [0.25, 0.3) is 10.2 Å². The predicted molar refractivity (Wildman–Crippen MR) is 152 cm³/mol. The van der Waals surface area contributed by atoms with Crippen molar-refractivity contribution < 1.29 is 27.7 Å². The fourth-order valence-corrected chi connectivity index (χ4v) is 5.94. The number of aryl methyl sites for hydroxylation is 1. The average molecular weight is 583 g/mol. The molecule has 0 radical (unpaired) electrons. The van der Waals surface area contributed by atoms with Crippen LogP contribution in [0.2, 0.25) is 0 Å². The highest BCUT2D eigenvalue weighted by Crippen LogP contribution is 2.30. The molecule has 0 aliphatic carbocycles. The third kappa shape index (κ3) is 6.61. The van der Waals surface area contributed by atoms with E-state index in [0.717, 1.165) is 16.9 Å². The Hall–Kier alpha value is -4.36. The van der Waals surface area contributed by atoms with E-state index in [-0.39, 0.29) is 32.4 Å². The van der Waals surface area contributed by atoms with Crippen molar-refractivity contribution >= 4 is 60.0 Å². The Morgan fingerprint density at radius 2 is 1.75 bits per heavy atom. The van der Waals surface area contributed by atoms with E-state index in [1.165, 1.54) is 42.5 Å². The van der Waals surface area contributed by atoms with Gasteiger partial charge in [-0.05, 0) is 59.9 Å². The second-order valence-electron chi connectivity index (χ2n) is 9.97. The summed E-state index contributed by atoms with van der Waals surface area (Å²) in [5.41, 5.74) is 2.02. The van der Waals surface area contributed by atoms with Gasteiger partial charge in [-0.2, -0.15) is 0 Å². The minimum Gasteiger partial charge on any atom is -0.452 e. The second kappa shape index (κ2) is 11.0. The summed E-state index contributed by atoms with van der Waals surface area (Å²) in [7, 11) is -3.89. The molecule has 4 rings (SSSR count). The number of esters is 1. The number of hydrogen-bond donors (Lipinski definition) is 2.